The van der Waals surface area contributed by atoms with E-state index < -0.39 is 5.91 Å². The number of halogens is 1. The molecule has 1 amide bonds. The van der Waals surface area contributed by atoms with Gasteiger partial charge in [-0.15, -0.1) is 0 Å². The molecule has 2 heterocycles. The second-order valence-electron chi connectivity index (χ2n) is 4.93. The number of nitrogens with zero attached hydrogens (tertiary/aromatic N) is 3. The highest BCUT2D eigenvalue weighted by Crippen LogP contribution is 2.22. The quantitative estimate of drug-likeness (QED) is 0.740. The number of hydrogen-bond donors (Lipinski definition) is 2. The lowest BCUT2D eigenvalue weighted by Crippen LogP contribution is -2.16. The van der Waals surface area contributed by atoms with E-state index in [2.05, 4.69) is 23.8 Å². The minimum absolute atomic E-state index is 0.176. The van der Waals surface area contributed by atoms with Crippen molar-refractivity contribution in [3.63, 3.8) is 0 Å². The number of rotatable bonds is 2. The first-order valence-electron chi connectivity index (χ1n) is 8.17. The van der Waals surface area contributed by atoms with Crippen LogP contribution in [0.4, 0.5) is 10.2 Å². The number of anilines is 1. The summed E-state index contributed by atoms with van der Waals surface area (Å²) < 4.78 is 14.4. The van der Waals surface area contributed by atoms with Crippen LogP contribution in [0.15, 0.2) is 36.7 Å². The van der Waals surface area contributed by atoms with Crippen LogP contribution in [-0.4, -0.2) is 20.3 Å². The lowest BCUT2D eigenvalue weighted by Gasteiger charge is -2.01. The molecule has 0 bridgehead atoms. The summed E-state index contributed by atoms with van der Waals surface area (Å²) in [5, 5.41) is 0. The van der Waals surface area contributed by atoms with Crippen LogP contribution in [0.5, 0.6) is 0 Å². The molecule has 0 saturated heterocycles. The standard InChI is InChI=1S/C13H10FN5O.C3H8.C2H6/c14-8-3-1-7(2-4-8)9-6-19-10(12(16)20)5-17-11(15)13(19)18-9;1-3-2;1-2/h1-6H,(H2,15,17)(H2,16,20);3H2,1-2H3;1-2H3. The van der Waals surface area contributed by atoms with Crippen molar-refractivity contribution in [2.45, 2.75) is 34.1 Å². The number of nitrogen functional groups attached to an aromatic ring is 1. The number of imidazole rings is 1. The predicted octanol–water partition coefficient (Wildman–Crippen LogP) is 3.66. The van der Waals surface area contributed by atoms with E-state index >= 15 is 0 Å². The summed E-state index contributed by atoms with van der Waals surface area (Å²) in [6.07, 6.45) is 4.15. The molecule has 0 aliphatic carbocycles. The first kappa shape index (κ1) is 20.1. The topological polar surface area (TPSA) is 99.3 Å². The molecule has 0 aliphatic rings. The minimum Gasteiger partial charge on any atom is -0.381 e. The van der Waals surface area contributed by atoms with Gasteiger partial charge in [-0.2, -0.15) is 0 Å². The number of primary amides is 1. The van der Waals surface area contributed by atoms with Crippen LogP contribution < -0.4 is 11.5 Å². The van der Waals surface area contributed by atoms with E-state index in [-0.39, 0.29) is 17.3 Å². The van der Waals surface area contributed by atoms with E-state index in [1.54, 1.807) is 18.3 Å². The molecular formula is C18H24FN5O. The number of amides is 1. The second kappa shape index (κ2) is 9.36. The zero-order chi connectivity index (χ0) is 19.0. The van der Waals surface area contributed by atoms with Crippen LogP contribution in [0.1, 0.15) is 44.6 Å². The van der Waals surface area contributed by atoms with Crippen molar-refractivity contribution < 1.29 is 9.18 Å². The van der Waals surface area contributed by atoms with Gasteiger partial charge in [-0.3, -0.25) is 9.20 Å². The van der Waals surface area contributed by atoms with Gasteiger partial charge in [0.2, 0.25) is 0 Å². The molecule has 25 heavy (non-hydrogen) atoms. The maximum absolute atomic E-state index is 12.9. The van der Waals surface area contributed by atoms with Crippen molar-refractivity contribution >= 4 is 17.4 Å². The first-order chi connectivity index (χ1) is 12.0. The molecule has 0 saturated carbocycles. The summed E-state index contributed by atoms with van der Waals surface area (Å²) in [4.78, 5) is 19.5. The Hall–Kier alpha value is -2.96. The Morgan fingerprint density at radius 1 is 1.20 bits per heavy atom. The molecule has 0 atom stereocenters. The van der Waals surface area contributed by atoms with Crippen molar-refractivity contribution in [2.24, 2.45) is 5.73 Å². The van der Waals surface area contributed by atoms with E-state index in [1.165, 1.54) is 29.2 Å². The van der Waals surface area contributed by atoms with Gasteiger partial charge in [-0.05, 0) is 24.3 Å². The minimum atomic E-state index is -0.634. The van der Waals surface area contributed by atoms with Gasteiger partial charge in [0.1, 0.15) is 11.5 Å². The van der Waals surface area contributed by atoms with E-state index in [1.807, 2.05) is 13.8 Å². The van der Waals surface area contributed by atoms with Crippen LogP contribution in [0.3, 0.4) is 0 Å². The Bertz CT molecular complexity index is 827. The molecule has 3 aromatic rings. The third-order valence-corrected chi connectivity index (χ3v) is 2.91. The third kappa shape index (κ3) is 4.76. The second-order valence-corrected chi connectivity index (χ2v) is 4.93. The smallest absolute Gasteiger partial charge is 0.267 e. The Morgan fingerprint density at radius 2 is 1.76 bits per heavy atom. The van der Waals surface area contributed by atoms with Crippen LogP contribution in [-0.2, 0) is 0 Å². The molecule has 1 aromatic carbocycles. The van der Waals surface area contributed by atoms with Gasteiger partial charge in [0, 0.05) is 11.8 Å². The fourth-order valence-electron chi connectivity index (χ4n) is 1.94. The number of hydrogen-bond acceptors (Lipinski definition) is 4. The molecule has 4 N–H and O–H groups in total. The largest absolute Gasteiger partial charge is 0.381 e. The fourth-order valence-corrected chi connectivity index (χ4v) is 1.94. The Balaban J connectivity index is 0.000000567. The molecule has 0 radical (unpaired) electrons. The third-order valence-electron chi connectivity index (χ3n) is 2.91. The molecule has 134 valence electrons. The van der Waals surface area contributed by atoms with E-state index in [0.29, 0.717) is 16.9 Å². The molecule has 0 unspecified atom stereocenters. The highest BCUT2D eigenvalue weighted by atomic mass is 19.1. The average Bonchev–Trinajstić information content (AvgIpc) is 3.04. The maximum Gasteiger partial charge on any atom is 0.267 e. The zero-order valence-electron chi connectivity index (χ0n) is 15.0. The summed E-state index contributed by atoms with van der Waals surface area (Å²) in [6.45, 7) is 8.25. The van der Waals surface area contributed by atoms with E-state index in [9.17, 15) is 9.18 Å². The van der Waals surface area contributed by atoms with Gasteiger partial charge in [-0.1, -0.05) is 34.1 Å². The van der Waals surface area contributed by atoms with Gasteiger partial charge >= 0.3 is 0 Å². The molecule has 0 aliphatic heterocycles. The number of benzene rings is 1. The van der Waals surface area contributed by atoms with Crippen molar-refractivity contribution in [1.82, 2.24) is 14.4 Å². The van der Waals surface area contributed by atoms with Crippen LogP contribution in [0, 0.1) is 5.82 Å². The summed E-state index contributed by atoms with van der Waals surface area (Å²) >= 11 is 0. The number of aromatic nitrogens is 3. The lowest BCUT2D eigenvalue weighted by atomic mass is 10.2. The average molecular weight is 345 g/mol. The SMILES string of the molecule is CC.CCC.NC(=O)c1cnc(N)c2nc(-c3ccc(F)cc3)cn12. The zero-order valence-corrected chi connectivity index (χ0v) is 15.0. The van der Waals surface area contributed by atoms with Crippen molar-refractivity contribution in [3.05, 3.63) is 48.2 Å². The summed E-state index contributed by atoms with van der Waals surface area (Å²) in [5.41, 5.74) is 12.8. The van der Waals surface area contributed by atoms with Crippen LogP contribution in [0.25, 0.3) is 16.9 Å². The number of fused-ring (bicyclic) bond motifs is 1. The van der Waals surface area contributed by atoms with Gasteiger partial charge in [-0.25, -0.2) is 14.4 Å². The highest BCUT2D eigenvalue weighted by molar-refractivity contribution is 5.92. The molecule has 7 heteroatoms. The van der Waals surface area contributed by atoms with Gasteiger partial charge in [0.15, 0.2) is 11.5 Å². The molecule has 6 nitrogen and oxygen atoms in total. The van der Waals surface area contributed by atoms with Crippen molar-refractivity contribution in [3.8, 4) is 11.3 Å². The maximum atomic E-state index is 12.9. The van der Waals surface area contributed by atoms with Gasteiger partial charge in [0.25, 0.3) is 5.91 Å². The molecule has 0 fully saturated rings. The Labute approximate surface area is 146 Å². The molecule has 3 rings (SSSR count). The fraction of sp³-hybridized carbons (Fsp3) is 0.278. The summed E-state index contributed by atoms with van der Waals surface area (Å²) in [5.74, 6) is -0.787. The first-order valence-corrected chi connectivity index (χ1v) is 8.17. The highest BCUT2D eigenvalue weighted by Gasteiger charge is 2.13. The Morgan fingerprint density at radius 3 is 2.28 bits per heavy atom. The normalized spacial score (nSPS) is 9.64. The van der Waals surface area contributed by atoms with Crippen LogP contribution in [0.2, 0.25) is 0 Å². The summed E-state index contributed by atoms with van der Waals surface area (Å²) in [6, 6.07) is 5.83. The monoisotopic (exact) mass is 345 g/mol. The molecule has 0 spiro atoms. The van der Waals surface area contributed by atoms with Gasteiger partial charge < -0.3 is 11.5 Å². The van der Waals surface area contributed by atoms with Crippen LogP contribution >= 0.6 is 0 Å². The molecule has 2 aromatic heterocycles. The van der Waals surface area contributed by atoms with Gasteiger partial charge in [0.05, 0.1) is 11.9 Å². The Kier molecular flexibility index (Phi) is 7.52. The lowest BCUT2D eigenvalue weighted by molar-refractivity contribution is 0.0994. The van der Waals surface area contributed by atoms with Crippen molar-refractivity contribution in [1.29, 1.82) is 0 Å². The van der Waals surface area contributed by atoms with Crippen molar-refractivity contribution in [2.75, 3.05) is 5.73 Å². The summed E-state index contributed by atoms with van der Waals surface area (Å²) in [7, 11) is 0. The number of nitrogens with two attached hydrogens (primary N) is 2. The predicted molar refractivity (Wildman–Crippen MR) is 98.6 cm³/mol. The number of carbonyl (C=O) groups excluding carboxylic acids is 1. The molecular weight excluding hydrogens is 321 g/mol. The van der Waals surface area contributed by atoms with E-state index in [0.717, 1.165) is 0 Å². The van der Waals surface area contributed by atoms with E-state index in [4.69, 9.17) is 11.5 Å². The number of carbonyl (C=O) groups is 1.